The Balaban J connectivity index is 1.01. The standard InChI is InChI=1S/C29H30FN9/c1-37-6-4-21-5-7-39(27(21)37)24-8-22(10-32-12-24)25(36-31)13-33-11-23-15-38-14-20(2-3-26(38)35-23)9-34-19-28-16-29(30,17-28)18-28/h2-8,10,12-15,31,33-34H,9,11,16-19H2,1H3/b25-13-,36-31?. The summed E-state index contributed by atoms with van der Waals surface area (Å²) in [7, 11) is 2.02. The van der Waals surface area contributed by atoms with Gasteiger partial charge in [-0.1, -0.05) is 6.07 Å². The zero-order valence-corrected chi connectivity index (χ0v) is 21.7. The van der Waals surface area contributed by atoms with Crippen LogP contribution in [0, 0.1) is 10.9 Å². The first-order valence-corrected chi connectivity index (χ1v) is 13.2. The zero-order valence-electron chi connectivity index (χ0n) is 21.7. The number of alkyl halides is 1. The molecule has 5 heterocycles. The van der Waals surface area contributed by atoms with Crippen molar-refractivity contribution in [2.45, 2.75) is 38.0 Å². The lowest BCUT2D eigenvalue weighted by atomic mass is 9.42. The molecule has 0 unspecified atom stereocenters. The molecule has 0 radical (unpaired) electrons. The number of aromatic nitrogens is 5. The van der Waals surface area contributed by atoms with Crippen LogP contribution in [0.1, 0.15) is 36.1 Å². The second kappa shape index (κ2) is 8.88. The molecular weight excluding hydrogens is 493 g/mol. The molecule has 0 atom stereocenters. The summed E-state index contributed by atoms with van der Waals surface area (Å²) in [6.07, 6.45) is 15.6. The molecular formula is C29H30FN9. The molecule has 2 bridgehead atoms. The minimum atomic E-state index is -0.842. The largest absolute Gasteiger partial charge is 0.383 e. The van der Waals surface area contributed by atoms with Gasteiger partial charge in [0.2, 0.25) is 0 Å². The highest BCUT2D eigenvalue weighted by Gasteiger charge is 2.68. The van der Waals surface area contributed by atoms with E-state index in [1.54, 1.807) is 18.6 Å². The van der Waals surface area contributed by atoms with Gasteiger partial charge >= 0.3 is 0 Å². The van der Waals surface area contributed by atoms with E-state index < -0.39 is 5.67 Å². The molecule has 3 N–H and O–H groups in total. The normalized spacial score (nSPS) is 22.2. The minimum absolute atomic E-state index is 0.207. The van der Waals surface area contributed by atoms with Gasteiger partial charge in [0, 0.05) is 68.3 Å². The number of imidazole rings is 1. The third-order valence-corrected chi connectivity index (χ3v) is 8.11. The van der Waals surface area contributed by atoms with E-state index in [1.165, 1.54) is 5.56 Å². The number of halogens is 1. The molecule has 39 heavy (non-hydrogen) atoms. The quantitative estimate of drug-likeness (QED) is 0.221. The summed E-state index contributed by atoms with van der Waals surface area (Å²) in [5.41, 5.74) is 13.2. The van der Waals surface area contributed by atoms with Gasteiger partial charge in [0.05, 0.1) is 24.1 Å². The first-order chi connectivity index (χ1) is 18.9. The molecule has 8 rings (SSSR count). The summed E-state index contributed by atoms with van der Waals surface area (Å²) >= 11 is 0. The Bertz CT molecular complexity index is 1720. The minimum Gasteiger partial charge on any atom is -0.383 e. The average Bonchev–Trinajstić information content (AvgIpc) is 3.61. The molecule has 3 aliphatic rings. The molecule has 5 aromatic rings. The lowest BCUT2D eigenvalue weighted by Gasteiger charge is -2.66. The van der Waals surface area contributed by atoms with Gasteiger partial charge in [-0.3, -0.25) is 4.98 Å². The third kappa shape index (κ3) is 4.21. The van der Waals surface area contributed by atoms with Gasteiger partial charge < -0.3 is 24.2 Å². The number of pyridine rings is 2. The van der Waals surface area contributed by atoms with Crippen molar-refractivity contribution < 1.29 is 4.39 Å². The number of hydrogen-bond donors (Lipinski definition) is 3. The first kappa shape index (κ1) is 23.8. The Labute approximate surface area is 224 Å². The molecule has 0 amide bonds. The number of hydrogen-bond acceptors (Lipinski definition) is 6. The monoisotopic (exact) mass is 523 g/mol. The number of nitrogens with one attached hydrogen (secondary N) is 3. The molecule has 3 aliphatic carbocycles. The number of aryl methyl sites for hydroxylation is 1. The van der Waals surface area contributed by atoms with E-state index in [2.05, 4.69) is 54.3 Å². The predicted octanol–water partition coefficient (Wildman–Crippen LogP) is 5.11. The summed E-state index contributed by atoms with van der Waals surface area (Å²) in [4.78, 5) is 9.10. The molecule has 0 spiro atoms. The van der Waals surface area contributed by atoms with Crippen molar-refractivity contribution in [2.24, 2.45) is 17.6 Å². The highest BCUT2D eigenvalue weighted by molar-refractivity contribution is 5.80. The molecule has 0 aromatic carbocycles. The van der Waals surface area contributed by atoms with Gasteiger partial charge in [-0.25, -0.2) is 14.9 Å². The van der Waals surface area contributed by atoms with Crippen LogP contribution in [0.25, 0.3) is 28.1 Å². The Hall–Kier alpha value is -4.31. The molecule has 3 fully saturated rings. The lowest BCUT2D eigenvalue weighted by Crippen LogP contribution is -2.67. The Kier molecular flexibility index (Phi) is 5.41. The molecule has 0 aliphatic heterocycles. The molecule has 0 saturated heterocycles. The second-order valence-corrected chi connectivity index (χ2v) is 11.2. The molecule has 10 heteroatoms. The van der Waals surface area contributed by atoms with Crippen LogP contribution in [0.2, 0.25) is 0 Å². The SMILES string of the molecule is Cn1ccc2ccn(-c3cncc(/C(=C/NCc4cn5cc(CNCC67CC(F)(C6)C7)ccc5n4)N=N)c3)c21. The van der Waals surface area contributed by atoms with Crippen molar-refractivity contribution in [3.05, 3.63) is 90.5 Å². The molecule has 9 nitrogen and oxygen atoms in total. The van der Waals surface area contributed by atoms with Gasteiger partial charge in [-0.05, 0) is 54.5 Å². The number of fused-ring (bicyclic) bond motifs is 2. The van der Waals surface area contributed by atoms with Crippen molar-refractivity contribution in [1.82, 2.24) is 34.1 Å². The van der Waals surface area contributed by atoms with E-state index in [0.29, 0.717) is 12.2 Å². The summed E-state index contributed by atoms with van der Waals surface area (Å²) in [5, 5.41) is 11.7. The Morgan fingerprint density at radius 2 is 1.97 bits per heavy atom. The molecule has 5 aromatic heterocycles. The Morgan fingerprint density at radius 3 is 2.79 bits per heavy atom. The van der Waals surface area contributed by atoms with Crippen molar-refractivity contribution in [3.63, 3.8) is 0 Å². The second-order valence-electron chi connectivity index (χ2n) is 11.2. The number of rotatable bonds is 10. The predicted molar refractivity (Wildman–Crippen MR) is 147 cm³/mol. The van der Waals surface area contributed by atoms with Crippen LogP contribution in [0.4, 0.5) is 4.39 Å². The van der Waals surface area contributed by atoms with E-state index in [4.69, 9.17) is 10.5 Å². The zero-order chi connectivity index (χ0) is 26.6. The van der Waals surface area contributed by atoms with E-state index in [-0.39, 0.29) is 5.41 Å². The van der Waals surface area contributed by atoms with Crippen LogP contribution in [-0.2, 0) is 20.1 Å². The van der Waals surface area contributed by atoms with Gasteiger partial charge in [-0.2, -0.15) is 5.11 Å². The van der Waals surface area contributed by atoms with Crippen LogP contribution in [0.15, 0.2) is 78.8 Å². The number of nitrogens with zero attached hydrogens (tertiary/aromatic N) is 6. The van der Waals surface area contributed by atoms with Gasteiger partial charge in [0.25, 0.3) is 0 Å². The maximum atomic E-state index is 13.7. The smallest absolute Gasteiger partial charge is 0.137 e. The molecule has 198 valence electrons. The Morgan fingerprint density at radius 1 is 1.13 bits per heavy atom. The van der Waals surface area contributed by atoms with Crippen molar-refractivity contribution in [2.75, 3.05) is 6.54 Å². The van der Waals surface area contributed by atoms with Gasteiger partial charge in [0.15, 0.2) is 0 Å². The maximum Gasteiger partial charge on any atom is 0.137 e. The summed E-state index contributed by atoms with van der Waals surface area (Å²) < 4.78 is 19.9. The van der Waals surface area contributed by atoms with Crippen LogP contribution < -0.4 is 10.6 Å². The lowest BCUT2D eigenvalue weighted by molar-refractivity contribution is -0.209. The van der Waals surface area contributed by atoms with Crippen molar-refractivity contribution in [1.29, 1.82) is 5.53 Å². The van der Waals surface area contributed by atoms with E-state index in [1.807, 2.05) is 42.2 Å². The molecule has 3 saturated carbocycles. The van der Waals surface area contributed by atoms with E-state index in [0.717, 1.165) is 66.0 Å². The fourth-order valence-corrected chi connectivity index (χ4v) is 6.35. The average molecular weight is 524 g/mol. The summed E-state index contributed by atoms with van der Waals surface area (Å²) in [6.45, 7) is 2.13. The third-order valence-electron chi connectivity index (χ3n) is 8.11. The summed E-state index contributed by atoms with van der Waals surface area (Å²) in [5.74, 6) is 0. The highest BCUT2D eigenvalue weighted by atomic mass is 19.1. The summed E-state index contributed by atoms with van der Waals surface area (Å²) in [6, 6.07) is 10.2. The van der Waals surface area contributed by atoms with Crippen LogP contribution in [0.3, 0.4) is 0 Å². The fourth-order valence-electron chi connectivity index (χ4n) is 6.35. The van der Waals surface area contributed by atoms with Crippen molar-refractivity contribution in [3.8, 4) is 5.69 Å². The topological polar surface area (TPSA) is 100 Å². The van der Waals surface area contributed by atoms with Crippen LogP contribution in [0.5, 0.6) is 0 Å². The fraction of sp³-hybridized carbons (Fsp3) is 0.310. The van der Waals surface area contributed by atoms with Crippen LogP contribution in [-0.4, -0.2) is 35.7 Å². The highest BCUT2D eigenvalue weighted by Crippen LogP contribution is 2.69. The van der Waals surface area contributed by atoms with Crippen LogP contribution >= 0.6 is 0 Å². The maximum absolute atomic E-state index is 13.7. The van der Waals surface area contributed by atoms with E-state index >= 15 is 0 Å². The van der Waals surface area contributed by atoms with Crippen molar-refractivity contribution >= 4 is 22.4 Å². The first-order valence-electron chi connectivity index (χ1n) is 13.2. The van der Waals surface area contributed by atoms with E-state index in [9.17, 15) is 4.39 Å². The van der Waals surface area contributed by atoms with Gasteiger partial charge in [0.1, 0.15) is 22.7 Å². The van der Waals surface area contributed by atoms with Gasteiger partial charge in [-0.15, -0.1) is 0 Å².